The van der Waals surface area contributed by atoms with Crippen molar-refractivity contribution in [2.24, 2.45) is 0 Å². The zero-order chi connectivity index (χ0) is 5.11. The predicted molar refractivity (Wildman–Crippen MR) is 28.9 cm³/mol. The highest BCUT2D eigenvalue weighted by atomic mass is 14.6. The number of hydrogen-bond acceptors (Lipinski definition) is 0. The van der Waals surface area contributed by atoms with Gasteiger partial charge in [0.05, 0.1) is 6.04 Å². The van der Waals surface area contributed by atoms with Crippen LogP contribution in [0.5, 0.6) is 0 Å². The van der Waals surface area contributed by atoms with Crippen LogP contribution in [0.25, 0.3) is 0 Å². The van der Waals surface area contributed by atoms with E-state index >= 15 is 0 Å². The Morgan fingerprint density at radius 1 is 1.57 bits per heavy atom. The van der Waals surface area contributed by atoms with Gasteiger partial charge < -0.3 is 0 Å². The van der Waals surface area contributed by atoms with Crippen molar-refractivity contribution in [2.45, 2.75) is 25.3 Å². The van der Waals surface area contributed by atoms with E-state index < -0.39 is 0 Å². The SMILES string of the molecule is [N]C1C=CCCC1. The number of hydrogen-bond donors (Lipinski definition) is 0. The van der Waals surface area contributed by atoms with Gasteiger partial charge in [0.1, 0.15) is 0 Å². The summed E-state index contributed by atoms with van der Waals surface area (Å²) in [5.74, 6) is 0. The molecule has 0 N–H and O–H groups in total. The van der Waals surface area contributed by atoms with Crippen molar-refractivity contribution in [3.63, 3.8) is 0 Å². The zero-order valence-electron chi connectivity index (χ0n) is 4.30. The number of allylic oxidation sites excluding steroid dienone is 1. The molecular formula is C6H9N. The second kappa shape index (κ2) is 2.12. The molecule has 0 aromatic heterocycles. The van der Waals surface area contributed by atoms with E-state index in [9.17, 15) is 0 Å². The molecule has 1 unspecified atom stereocenters. The van der Waals surface area contributed by atoms with Gasteiger partial charge in [-0.15, -0.1) is 5.73 Å². The molecule has 38 valence electrons. The van der Waals surface area contributed by atoms with Crippen molar-refractivity contribution in [3.8, 4) is 0 Å². The monoisotopic (exact) mass is 95.1 g/mol. The van der Waals surface area contributed by atoms with Gasteiger partial charge in [-0.2, -0.15) is 0 Å². The van der Waals surface area contributed by atoms with Gasteiger partial charge in [-0.25, -0.2) is 0 Å². The Kier molecular flexibility index (Phi) is 1.47. The van der Waals surface area contributed by atoms with Crippen molar-refractivity contribution in [2.75, 3.05) is 0 Å². The van der Waals surface area contributed by atoms with Crippen molar-refractivity contribution >= 4 is 0 Å². The topological polar surface area (TPSA) is 22.3 Å². The Bertz CT molecular complexity index is 76.2. The highest BCUT2D eigenvalue weighted by Crippen LogP contribution is 2.07. The smallest absolute Gasteiger partial charge is 0.0614 e. The van der Waals surface area contributed by atoms with Crippen molar-refractivity contribution < 1.29 is 0 Å². The molecule has 0 saturated heterocycles. The Morgan fingerprint density at radius 2 is 2.43 bits per heavy atom. The van der Waals surface area contributed by atoms with Crippen LogP contribution in [0, 0.1) is 0 Å². The fourth-order valence-electron chi connectivity index (χ4n) is 0.794. The van der Waals surface area contributed by atoms with E-state index in [1.54, 1.807) is 0 Å². The van der Waals surface area contributed by atoms with Crippen LogP contribution in [0.15, 0.2) is 12.2 Å². The average molecular weight is 95.1 g/mol. The molecule has 1 nitrogen and oxygen atoms in total. The Balaban J connectivity index is 2.36. The molecule has 2 radical (unpaired) electrons. The van der Waals surface area contributed by atoms with Gasteiger partial charge in [-0.05, 0) is 19.3 Å². The third-order valence-electron chi connectivity index (χ3n) is 1.23. The molecule has 0 aromatic rings. The van der Waals surface area contributed by atoms with E-state index in [0.29, 0.717) is 0 Å². The van der Waals surface area contributed by atoms with E-state index in [2.05, 4.69) is 0 Å². The first kappa shape index (κ1) is 4.85. The van der Waals surface area contributed by atoms with Gasteiger partial charge in [0.2, 0.25) is 0 Å². The normalized spacial score (nSPS) is 30.7. The van der Waals surface area contributed by atoms with E-state index in [1.165, 1.54) is 0 Å². The van der Waals surface area contributed by atoms with E-state index in [1.807, 2.05) is 12.2 Å². The summed E-state index contributed by atoms with van der Waals surface area (Å²) in [6.07, 6.45) is 7.16. The maximum atomic E-state index is 8.82. The van der Waals surface area contributed by atoms with Gasteiger partial charge in [0, 0.05) is 0 Å². The molecule has 1 aliphatic rings. The van der Waals surface area contributed by atoms with Gasteiger partial charge in [-0.3, -0.25) is 0 Å². The predicted octanol–water partition coefficient (Wildman–Crippen LogP) is 1.16. The molecule has 0 bridgehead atoms. The molecule has 1 atom stereocenters. The summed E-state index contributed by atoms with van der Waals surface area (Å²) in [6, 6.07) is -0.145. The first-order valence-corrected chi connectivity index (χ1v) is 2.74. The van der Waals surface area contributed by atoms with Crippen LogP contribution in [0.4, 0.5) is 0 Å². The van der Waals surface area contributed by atoms with Crippen LogP contribution >= 0.6 is 0 Å². The van der Waals surface area contributed by atoms with Gasteiger partial charge in [0.15, 0.2) is 0 Å². The highest BCUT2D eigenvalue weighted by molar-refractivity contribution is 4.94. The van der Waals surface area contributed by atoms with E-state index in [0.717, 1.165) is 19.3 Å². The summed E-state index contributed by atoms with van der Waals surface area (Å²) in [6.45, 7) is 0. The van der Waals surface area contributed by atoms with Crippen LogP contribution in [-0.2, 0) is 0 Å². The lowest BCUT2D eigenvalue weighted by Crippen LogP contribution is -2.06. The summed E-state index contributed by atoms with van der Waals surface area (Å²) in [5, 5.41) is 0. The molecule has 1 heteroatoms. The molecule has 1 rings (SSSR count). The molecule has 7 heavy (non-hydrogen) atoms. The Morgan fingerprint density at radius 3 is 2.71 bits per heavy atom. The fourth-order valence-corrected chi connectivity index (χ4v) is 0.794. The van der Waals surface area contributed by atoms with Crippen molar-refractivity contribution in [1.82, 2.24) is 5.73 Å². The number of rotatable bonds is 0. The van der Waals surface area contributed by atoms with Crippen LogP contribution in [0.2, 0.25) is 0 Å². The molecule has 0 spiro atoms. The first-order valence-electron chi connectivity index (χ1n) is 2.74. The zero-order valence-corrected chi connectivity index (χ0v) is 4.30. The molecule has 0 fully saturated rings. The largest absolute Gasteiger partial charge is 0.137 e. The average Bonchev–Trinajstić information content (AvgIpc) is 1.69. The van der Waals surface area contributed by atoms with Gasteiger partial charge in [0.25, 0.3) is 0 Å². The summed E-state index contributed by atoms with van der Waals surface area (Å²) in [5.41, 5.74) is 8.82. The summed E-state index contributed by atoms with van der Waals surface area (Å²) in [7, 11) is 0. The fraction of sp³-hybridized carbons (Fsp3) is 0.667. The molecule has 0 heterocycles. The molecule has 0 saturated carbocycles. The molecule has 0 aromatic carbocycles. The molecule has 0 aliphatic heterocycles. The van der Waals surface area contributed by atoms with Gasteiger partial charge >= 0.3 is 0 Å². The summed E-state index contributed by atoms with van der Waals surface area (Å²) < 4.78 is 0. The lowest BCUT2D eigenvalue weighted by Gasteiger charge is -2.05. The maximum absolute atomic E-state index is 8.82. The van der Waals surface area contributed by atoms with Crippen LogP contribution in [-0.4, -0.2) is 6.04 Å². The quantitative estimate of drug-likeness (QED) is 0.403. The highest BCUT2D eigenvalue weighted by Gasteiger charge is 2.01. The summed E-state index contributed by atoms with van der Waals surface area (Å²) >= 11 is 0. The Labute approximate surface area is 44.2 Å². The minimum absolute atomic E-state index is 0.145. The lowest BCUT2D eigenvalue weighted by molar-refractivity contribution is 0.632. The molecule has 1 aliphatic carbocycles. The van der Waals surface area contributed by atoms with Gasteiger partial charge in [-0.1, -0.05) is 12.2 Å². The van der Waals surface area contributed by atoms with Crippen LogP contribution < -0.4 is 5.73 Å². The van der Waals surface area contributed by atoms with E-state index in [-0.39, 0.29) is 6.04 Å². The molecule has 0 amide bonds. The Hall–Kier alpha value is -0.300. The van der Waals surface area contributed by atoms with Crippen molar-refractivity contribution in [3.05, 3.63) is 12.2 Å². The lowest BCUT2D eigenvalue weighted by atomic mass is 10.0. The second-order valence-corrected chi connectivity index (χ2v) is 1.93. The van der Waals surface area contributed by atoms with Crippen LogP contribution in [0.3, 0.4) is 0 Å². The van der Waals surface area contributed by atoms with Crippen molar-refractivity contribution in [1.29, 1.82) is 0 Å². The molecular weight excluding hydrogens is 86.1 g/mol. The minimum Gasteiger partial charge on any atom is -0.137 e. The first-order chi connectivity index (χ1) is 3.39. The summed E-state index contributed by atoms with van der Waals surface area (Å²) in [4.78, 5) is 0. The van der Waals surface area contributed by atoms with E-state index in [4.69, 9.17) is 5.73 Å². The third-order valence-corrected chi connectivity index (χ3v) is 1.23. The standard InChI is InChI=1S/C6H9N/c7-6-4-2-1-3-5-6/h2,4,6H,1,3,5H2. The maximum Gasteiger partial charge on any atom is 0.0614 e. The minimum atomic E-state index is -0.145. The second-order valence-electron chi connectivity index (χ2n) is 1.93. The third kappa shape index (κ3) is 1.32. The van der Waals surface area contributed by atoms with Crippen LogP contribution in [0.1, 0.15) is 19.3 Å². The number of nitrogens with zero attached hydrogens (tertiary/aromatic N) is 1.